The zero-order chi connectivity index (χ0) is 13.9. The number of halogens is 4. The first-order valence-electron chi connectivity index (χ1n) is 6.06. The average molecular weight is 262 g/mol. The van der Waals surface area contributed by atoms with E-state index >= 15 is 0 Å². The molecule has 0 N–H and O–H groups in total. The summed E-state index contributed by atoms with van der Waals surface area (Å²) in [6, 6.07) is 0. The van der Waals surface area contributed by atoms with E-state index in [1.54, 1.807) is 0 Å². The van der Waals surface area contributed by atoms with Crippen LogP contribution in [-0.4, -0.2) is 6.18 Å². The number of rotatable bonds is 3. The Bertz CT molecular complexity index is 354. The second-order valence-electron chi connectivity index (χ2n) is 4.89. The third kappa shape index (κ3) is 3.47. The maximum absolute atomic E-state index is 13.4. The predicted molar refractivity (Wildman–Crippen MR) is 64.6 cm³/mol. The molecule has 0 amide bonds. The van der Waals surface area contributed by atoms with Crippen molar-refractivity contribution in [1.82, 2.24) is 0 Å². The minimum atomic E-state index is -4.57. The van der Waals surface area contributed by atoms with E-state index in [1.807, 2.05) is 0 Å². The molecule has 1 fully saturated rings. The van der Waals surface area contributed by atoms with Crippen LogP contribution in [0, 0.1) is 11.8 Å². The lowest BCUT2D eigenvalue weighted by Gasteiger charge is -2.29. The fourth-order valence-electron chi connectivity index (χ4n) is 2.51. The molecular formula is C14H18F4. The van der Waals surface area contributed by atoms with Crippen molar-refractivity contribution in [3.63, 3.8) is 0 Å². The van der Waals surface area contributed by atoms with E-state index in [4.69, 9.17) is 0 Å². The summed E-state index contributed by atoms with van der Waals surface area (Å²) in [4.78, 5) is 0. The van der Waals surface area contributed by atoms with Gasteiger partial charge >= 0.3 is 6.18 Å². The van der Waals surface area contributed by atoms with Crippen molar-refractivity contribution in [2.45, 2.75) is 38.8 Å². The molecule has 0 aromatic carbocycles. The first kappa shape index (κ1) is 15.0. The van der Waals surface area contributed by atoms with Gasteiger partial charge in [0.05, 0.1) is 5.57 Å². The van der Waals surface area contributed by atoms with Crippen molar-refractivity contribution in [3.05, 3.63) is 36.2 Å². The molecule has 0 bridgehead atoms. The van der Waals surface area contributed by atoms with Gasteiger partial charge in [0.25, 0.3) is 0 Å². The Hall–Kier alpha value is -1.06. The Labute approximate surface area is 105 Å². The summed E-state index contributed by atoms with van der Waals surface area (Å²) in [5.74, 6) is -0.886. The van der Waals surface area contributed by atoms with Crippen LogP contribution in [0.5, 0.6) is 0 Å². The molecule has 0 heterocycles. The Kier molecular flexibility index (Phi) is 4.77. The molecule has 18 heavy (non-hydrogen) atoms. The number of hydrogen-bond donors (Lipinski definition) is 0. The van der Waals surface area contributed by atoms with Gasteiger partial charge in [0, 0.05) is 5.57 Å². The van der Waals surface area contributed by atoms with E-state index in [0.29, 0.717) is 24.8 Å². The molecule has 1 aliphatic rings. The van der Waals surface area contributed by atoms with Crippen molar-refractivity contribution in [3.8, 4) is 0 Å². The van der Waals surface area contributed by atoms with Crippen molar-refractivity contribution in [2.24, 2.45) is 11.8 Å². The maximum Gasteiger partial charge on any atom is 0.416 e. The molecule has 0 aliphatic heterocycles. The molecule has 0 aromatic heterocycles. The van der Waals surface area contributed by atoms with Crippen LogP contribution in [0.4, 0.5) is 17.6 Å². The molecule has 1 rings (SSSR count). The fourth-order valence-corrected chi connectivity index (χ4v) is 2.51. The van der Waals surface area contributed by atoms with Gasteiger partial charge in [0.2, 0.25) is 0 Å². The fraction of sp³-hybridized carbons (Fsp3) is 0.571. The van der Waals surface area contributed by atoms with E-state index in [1.165, 1.54) is 0 Å². The molecule has 0 aromatic rings. The third-order valence-electron chi connectivity index (χ3n) is 3.52. The zero-order valence-corrected chi connectivity index (χ0v) is 10.5. The third-order valence-corrected chi connectivity index (χ3v) is 3.52. The largest absolute Gasteiger partial charge is 0.416 e. The molecule has 0 spiro atoms. The molecule has 0 saturated heterocycles. The van der Waals surface area contributed by atoms with Gasteiger partial charge in [0.15, 0.2) is 0 Å². The highest BCUT2D eigenvalue weighted by Gasteiger charge is 2.37. The lowest BCUT2D eigenvalue weighted by Crippen LogP contribution is -2.20. The molecule has 0 atom stereocenters. The van der Waals surface area contributed by atoms with Gasteiger partial charge in [-0.25, -0.2) is 4.39 Å². The summed E-state index contributed by atoms with van der Waals surface area (Å²) in [7, 11) is 0. The zero-order valence-electron chi connectivity index (χ0n) is 10.5. The Balaban J connectivity index is 3.12. The summed E-state index contributed by atoms with van der Waals surface area (Å²) in [5, 5.41) is 0. The van der Waals surface area contributed by atoms with Crippen LogP contribution in [-0.2, 0) is 0 Å². The molecule has 102 valence electrons. The summed E-state index contributed by atoms with van der Waals surface area (Å²) >= 11 is 0. The van der Waals surface area contributed by atoms with Crippen molar-refractivity contribution >= 4 is 0 Å². The number of alkyl halides is 3. The monoisotopic (exact) mass is 262 g/mol. The van der Waals surface area contributed by atoms with Crippen LogP contribution in [0.2, 0.25) is 0 Å². The van der Waals surface area contributed by atoms with Gasteiger partial charge in [-0.2, -0.15) is 13.2 Å². The van der Waals surface area contributed by atoms with Crippen LogP contribution < -0.4 is 0 Å². The highest BCUT2D eigenvalue weighted by Crippen LogP contribution is 2.41. The van der Waals surface area contributed by atoms with Crippen LogP contribution in [0.3, 0.4) is 0 Å². The van der Waals surface area contributed by atoms with Gasteiger partial charge in [-0.1, -0.05) is 39.0 Å². The molecule has 4 heteroatoms. The summed E-state index contributed by atoms with van der Waals surface area (Å²) in [5.41, 5.74) is -1.28. The van der Waals surface area contributed by atoms with Crippen LogP contribution in [0.15, 0.2) is 36.2 Å². The van der Waals surface area contributed by atoms with Crippen LogP contribution >= 0.6 is 0 Å². The highest BCUT2D eigenvalue weighted by molar-refractivity contribution is 5.39. The van der Waals surface area contributed by atoms with Crippen LogP contribution in [0.25, 0.3) is 0 Å². The van der Waals surface area contributed by atoms with Crippen LogP contribution in [0.1, 0.15) is 32.6 Å². The van der Waals surface area contributed by atoms with Gasteiger partial charge in [-0.3, -0.25) is 0 Å². The highest BCUT2D eigenvalue weighted by atomic mass is 19.4. The van der Waals surface area contributed by atoms with Crippen molar-refractivity contribution in [2.75, 3.05) is 0 Å². The Morgan fingerprint density at radius 3 is 2.00 bits per heavy atom. The van der Waals surface area contributed by atoms with E-state index in [0.717, 1.165) is 12.8 Å². The van der Waals surface area contributed by atoms with Crippen molar-refractivity contribution in [1.29, 1.82) is 0 Å². The second-order valence-corrected chi connectivity index (χ2v) is 4.89. The first-order valence-corrected chi connectivity index (χ1v) is 6.06. The van der Waals surface area contributed by atoms with E-state index < -0.39 is 23.5 Å². The Morgan fingerprint density at radius 1 is 1.17 bits per heavy atom. The Morgan fingerprint density at radius 2 is 1.67 bits per heavy atom. The van der Waals surface area contributed by atoms with Crippen molar-refractivity contribution < 1.29 is 17.6 Å². The maximum atomic E-state index is 13.4. The minimum absolute atomic E-state index is 0.301. The lowest BCUT2D eigenvalue weighted by atomic mass is 9.77. The summed E-state index contributed by atoms with van der Waals surface area (Å²) in [6.07, 6.45) is -1.08. The molecule has 1 saturated carbocycles. The minimum Gasteiger partial charge on any atom is -0.207 e. The van der Waals surface area contributed by atoms with Gasteiger partial charge in [-0.05, 0) is 24.7 Å². The van der Waals surface area contributed by atoms with E-state index in [2.05, 4.69) is 20.1 Å². The van der Waals surface area contributed by atoms with E-state index in [-0.39, 0.29) is 5.57 Å². The SMILES string of the molecule is C=C/C(=C(\C(=C)F)C1CCC(C)CC1)C(F)(F)F. The van der Waals surface area contributed by atoms with Gasteiger partial charge in [0.1, 0.15) is 5.83 Å². The smallest absolute Gasteiger partial charge is 0.207 e. The van der Waals surface area contributed by atoms with E-state index in [9.17, 15) is 17.6 Å². The summed E-state index contributed by atoms with van der Waals surface area (Å²) in [6.45, 7) is 8.27. The van der Waals surface area contributed by atoms with Gasteiger partial charge < -0.3 is 0 Å². The normalized spacial score (nSPS) is 26.5. The quantitative estimate of drug-likeness (QED) is 0.475. The standard InChI is InChI=1S/C14H18F4/c1-4-12(14(16,17)18)13(10(3)15)11-7-5-9(2)6-8-11/h4,9,11H,1,3,5-8H2,2H3/b13-12-. The molecule has 0 radical (unpaired) electrons. The summed E-state index contributed by atoms with van der Waals surface area (Å²) < 4.78 is 51.9. The predicted octanol–water partition coefficient (Wildman–Crippen LogP) is 5.34. The van der Waals surface area contributed by atoms with Gasteiger partial charge in [-0.15, -0.1) is 0 Å². The average Bonchev–Trinajstić information content (AvgIpc) is 2.25. The number of hydrogen-bond acceptors (Lipinski definition) is 0. The number of allylic oxidation sites excluding steroid dienone is 4. The second kappa shape index (κ2) is 5.72. The molecule has 1 aliphatic carbocycles. The first-order chi connectivity index (χ1) is 8.27. The lowest BCUT2D eigenvalue weighted by molar-refractivity contribution is -0.0895. The molecule has 0 nitrogen and oxygen atoms in total. The molecule has 0 unspecified atom stereocenters. The topological polar surface area (TPSA) is 0 Å². The molecular weight excluding hydrogens is 244 g/mol.